The van der Waals surface area contributed by atoms with Gasteiger partial charge in [0.25, 0.3) is 5.91 Å². The molecule has 2 rings (SSSR count). The third kappa shape index (κ3) is 5.96. The zero-order valence-electron chi connectivity index (χ0n) is 13.6. The summed E-state index contributed by atoms with van der Waals surface area (Å²) >= 11 is 0. The minimum absolute atomic E-state index is 0.0886. The summed E-state index contributed by atoms with van der Waals surface area (Å²) < 4.78 is 10.8. The molecule has 0 radical (unpaired) electrons. The fraction of sp³-hybridized carbons (Fsp3) is 0.158. The highest BCUT2D eigenvalue weighted by Crippen LogP contribution is 2.11. The number of rotatable bonds is 8. The van der Waals surface area contributed by atoms with Gasteiger partial charge >= 0.3 is 0 Å². The average molecular weight is 324 g/mol. The molecule has 0 bridgehead atoms. The molecule has 1 amide bonds. The predicted octanol–water partition coefficient (Wildman–Crippen LogP) is 3.09. The molecule has 0 aromatic heterocycles. The van der Waals surface area contributed by atoms with E-state index in [4.69, 9.17) is 9.47 Å². The van der Waals surface area contributed by atoms with Gasteiger partial charge in [0.1, 0.15) is 18.1 Å². The molecule has 0 aliphatic carbocycles. The molecular weight excluding hydrogens is 304 g/mol. The lowest BCUT2D eigenvalue weighted by Crippen LogP contribution is -2.24. The molecule has 124 valence electrons. The van der Waals surface area contributed by atoms with Gasteiger partial charge in [0.05, 0.1) is 6.21 Å². The Hall–Kier alpha value is -3.08. The van der Waals surface area contributed by atoms with Crippen LogP contribution in [0.2, 0.25) is 0 Å². The lowest BCUT2D eigenvalue weighted by atomic mass is 10.2. The van der Waals surface area contributed by atoms with Crippen LogP contribution in [0.5, 0.6) is 11.5 Å². The van der Waals surface area contributed by atoms with Crippen LogP contribution in [-0.2, 0) is 4.79 Å². The van der Waals surface area contributed by atoms with Crippen LogP contribution in [0.25, 0.3) is 0 Å². The van der Waals surface area contributed by atoms with Crippen molar-refractivity contribution < 1.29 is 14.3 Å². The van der Waals surface area contributed by atoms with E-state index >= 15 is 0 Å². The largest absolute Gasteiger partial charge is 0.490 e. The van der Waals surface area contributed by atoms with Crippen LogP contribution in [0.1, 0.15) is 11.1 Å². The Kier molecular flexibility index (Phi) is 6.58. The van der Waals surface area contributed by atoms with Gasteiger partial charge < -0.3 is 9.47 Å². The molecule has 0 heterocycles. The van der Waals surface area contributed by atoms with E-state index in [1.807, 2.05) is 55.5 Å². The van der Waals surface area contributed by atoms with E-state index in [1.165, 1.54) is 0 Å². The minimum atomic E-state index is -0.322. The van der Waals surface area contributed by atoms with E-state index < -0.39 is 0 Å². The molecule has 2 aromatic carbocycles. The zero-order chi connectivity index (χ0) is 17.2. The van der Waals surface area contributed by atoms with Crippen molar-refractivity contribution in [2.75, 3.05) is 13.2 Å². The number of carbonyl (C=O) groups excluding carboxylic acids is 1. The number of benzene rings is 2. The summed E-state index contributed by atoms with van der Waals surface area (Å²) in [6.07, 6.45) is 3.24. The molecule has 0 saturated carbocycles. The van der Waals surface area contributed by atoms with E-state index in [-0.39, 0.29) is 12.5 Å². The van der Waals surface area contributed by atoms with Gasteiger partial charge in [-0.15, -0.1) is 0 Å². The summed E-state index contributed by atoms with van der Waals surface area (Å²) in [4.78, 5) is 11.7. The quantitative estimate of drug-likeness (QED) is 0.461. The topological polar surface area (TPSA) is 59.9 Å². The predicted molar refractivity (Wildman–Crippen MR) is 94.5 cm³/mol. The van der Waals surface area contributed by atoms with E-state index in [2.05, 4.69) is 17.1 Å². The average Bonchev–Trinajstić information content (AvgIpc) is 2.60. The number of hydrogen-bond acceptors (Lipinski definition) is 4. The molecule has 5 nitrogen and oxygen atoms in total. The summed E-state index contributed by atoms with van der Waals surface area (Å²) in [5.74, 6) is 1.08. The van der Waals surface area contributed by atoms with Gasteiger partial charge in [-0.25, -0.2) is 5.43 Å². The zero-order valence-corrected chi connectivity index (χ0v) is 13.6. The fourth-order valence-corrected chi connectivity index (χ4v) is 1.80. The van der Waals surface area contributed by atoms with Gasteiger partial charge in [0.2, 0.25) is 0 Å². The standard InChI is InChI=1S/C19H20N2O3/c1-3-12-23-17-10-6-16(7-11-17)13-20-21-19(22)14-24-18-8-4-15(2)5-9-18/h3-11,13H,1,12,14H2,2H3,(H,21,22)/b20-13-. The number of aryl methyl sites for hydroxylation is 1. The van der Waals surface area contributed by atoms with Gasteiger partial charge in [-0.05, 0) is 48.9 Å². The highest BCUT2D eigenvalue weighted by atomic mass is 16.5. The van der Waals surface area contributed by atoms with Crippen molar-refractivity contribution in [2.24, 2.45) is 5.10 Å². The highest BCUT2D eigenvalue weighted by molar-refractivity contribution is 5.83. The Morgan fingerprint density at radius 1 is 1.08 bits per heavy atom. The van der Waals surface area contributed by atoms with E-state index in [0.717, 1.165) is 16.9 Å². The summed E-state index contributed by atoms with van der Waals surface area (Å²) in [6.45, 7) is 5.96. The number of ether oxygens (including phenoxy) is 2. The maximum Gasteiger partial charge on any atom is 0.277 e. The van der Waals surface area contributed by atoms with Gasteiger partial charge in [0.15, 0.2) is 6.61 Å². The summed E-state index contributed by atoms with van der Waals surface area (Å²) in [5, 5.41) is 3.90. The molecule has 0 fully saturated rings. The summed E-state index contributed by atoms with van der Waals surface area (Å²) in [6, 6.07) is 14.8. The third-order valence-corrected chi connectivity index (χ3v) is 3.04. The number of hydrogen-bond donors (Lipinski definition) is 1. The van der Waals surface area contributed by atoms with Crippen LogP contribution < -0.4 is 14.9 Å². The molecule has 0 atom stereocenters. The normalized spacial score (nSPS) is 10.4. The molecule has 0 spiro atoms. The number of nitrogens with zero attached hydrogens (tertiary/aromatic N) is 1. The molecular formula is C19H20N2O3. The van der Waals surface area contributed by atoms with Crippen molar-refractivity contribution >= 4 is 12.1 Å². The van der Waals surface area contributed by atoms with Crippen LogP contribution in [0.4, 0.5) is 0 Å². The Morgan fingerprint density at radius 3 is 2.38 bits per heavy atom. The van der Waals surface area contributed by atoms with E-state index in [1.54, 1.807) is 12.3 Å². The first-order valence-electron chi connectivity index (χ1n) is 7.52. The molecule has 0 aliphatic heterocycles. The maximum atomic E-state index is 11.7. The Balaban J connectivity index is 1.75. The van der Waals surface area contributed by atoms with Crippen LogP contribution in [-0.4, -0.2) is 25.3 Å². The van der Waals surface area contributed by atoms with Gasteiger partial charge in [-0.1, -0.05) is 30.4 Å². The van der Waals surface area contributed by atoms with Crippen molar-refractivity contribution in [3.05, 3.63) is 72.3 Å². The second-order valence-corrected chi connectivity index (χ2v) is 5.06. The first kappa shape index (κ1) is 17.3. The van der Waals surface area contributed by atoms with Crippen molar-refractivity contribution in [3.63, 3.8) is 0 Å². The first-order chi connectivity index (χ1) is 11.7. The van der Waals surface area contributed by atoms with Crippen LogP contribution >= 0.6 is 0 Å². The summed E-state index contributed by atoms with van der Waals surface area (Å²) in [5.41, 5.74) is 4.41. The number of nitrogens with one attached hydrogen (secondary N) is 1. The van der Waals surface area contributed by atoms with Crippen LogP contribution in [0, 0.1) is 6.92 Å². The number of hydrazone groups is 1. The van der Waals surface area contributed by atoms with Crippen molar-refractivity contribution in [3.8, 4) is 11.5 Å². The Morgan fingerprint density at radius 2 is 1.71 bits per heavy atom. The SMILES string of the molecule is C=CCOc1ccc(/C=N\NC(=O)COc2ccc(C)cc2)cc1. The van der Waals surface area contributed by atoms with E-state index in [0.29, 0.717) is 12.4 Å². The molecule has 24 heavy (non-hydrogen) atoms. The van der Waals surface area contributed by atoms with Crippen molar-refractivity contribution in [1.29, 1.82) is 0 Å². The second kappa shape index (κ2) is 9.15. The molecule has 0 aliphatic rings. The minimum Gasteiger partial charge on any atom is -0.490 e. The molecule has 2 aromatic rings. The molecule has 5 heteroatoms. The third-order valence-electron chi connectivity index (χ3n) is 3.04. The van der Waals surface area contributed by atoms with E-state index in [9.17, 15) is 4.79 Å². The monoisotopic (exact) mass is 324 g/mol. The number of amides is 1. The Labute approximate surface area is 141 Å². The first-order valence-corrected chi connectivity index (χ1v) is 7.52. The smallest absolute Gasteiger partial charge is 0.277 e. The van der Waals surface area contributed by atoms with Gasteiger partial charge in [0, 0.05) is 0 Å². The van der Waals surface area contributed by atoms with Crippen molar-refractivity contribution in [1.82, 2.24) is 5.43 Å². The summed E-state index contributed by atoms with van der Waals surface area (Å²) in [7, 11) is 0. The van der Waals surface area contributed by atoms with Gasteiger partial charge in [-0.3, -0.25) is 4.79 Å². The lowest BCUT2D eigenvalue weighted by Gasteiger charge is -2.05. The molecule has 1 N–H and O–H groups in total. The lowest BCUT2D eigenvalue weighted by molar-refractivity contribution is -0.123. The Bertz CT molecular complexity index is 692. The van der Waals surface area contributed by atoms with Gasteiger partial charge in [-0.2, -0.15) is 5.10 Å². The number of carbonyl (C=O) groups is 1. The van der Waals surface area contributed by atoms with Crippen LogP contribution in [0.3, 0.4) is 0 Å². The maximum absolute atomic E-state index is 11.7. The molecule has 0 saturated heterocycles. The molecule has 0 unspecified atom stereocenters. The van der Waals surface area contributed by atoms with Crippen molar-refractivity contribution in [2.45, 2.75) is 6.92 Å². The highest BCUT2D eigenvalue weighted by Gasteiger charge is 2.01. The fourth-order valence-electron chi connectivity index (χ4n) is 1.80. The second-order valence-electron chi connectivity index (χ2n) is 5.06. The van der Waals surface area contributed by atoms with Crippen LogP contribution in [0.15, 0.2) is 66.3 Å².